The summed E-state index contributed by atoms with van der Waals surface area (Å²) >= 11 is 0. The molecule has 0 atom stereocenters. The highest BCUT2D eigenvalue weighted by Gasteiger charge is 2.22. The van der Waals surface area contributed by atoms with Gasteiger partial charge in [0.1, 0.15) is 0 Å². The molecular formula is C37H30N2. The van der Waals surface area contributed by atoms with Crippen LogP contribution in [-0.4, -0.2) is 9.13 Å². The summed E-state index contributed by atoms with van der Waals surface area (Å²) in [6, 6.07) is 35.6. The quantitative estimate of drug-likeness (QED) is 0.208. The van der Waals surface area contributed by atoms with Crippen molar-refractivity contribution in [2.45, 2.75) is 34.4 Å². The van der Waals surface area contributed by atoms with Crippen molar-refractivity contribution in [3.63, 3.8) is 0 Å². The molecule has 0 aliphatic carbocycles. The predicted molar refractivity (Wildman–Crippen MR) is 168 cm³/mol. The van der Waals surface area contributed by atoms with Gasteiger partial charge in [-0.3, -0.25) is 0 Å². The lowest BCUT2D eigenvalue weighted by Gasteiger charge is -2.17. The van der Waals surface area contributed by atoms with E-state index in [4.69, 9.17) is 0 Å². The van der Waals surface area contributed by atoms with E-state index in [1.54, 1.807) is 0 Å². The molecule has 0 bridgehead atoms. The number of hydrogen-bond acceptors (Lipinski definition) is 0. The lowest BCUT2D eigenvalue weighted by atomic mass is 9.96. The van der Waals surface area contributed by atoms with Crippen LogP contribution in [0.25, 0.3) is 64.9 Å². The maximum atomic E-state index is 2.56. The predicted octanol–water partition coefficient (Wildman–Crippen LogP) is 9.95. The van der Waals surface area contributed by atoms with Crippen LogP contribution in [0.3, 0.4) is 0 Å². The second-order valence-corrected chi connectivity index (χ2v) is 11.0. The van der Waals surface area contributed by atoms with E-state index in [2.05, 4.69) is 134 Å². The van der Waals surface area contributed by atoms with Gasteiger partial charge in [0.25, 0.3) is 0 Å². The zero-order valence-corrected chi connectivity index (χ0v) is 22.8. The summed E-state index contributed by atoms with van der Waals surface area (Å²) in [4.78, 5) is 0. The number of rotatable bonds is 2. The normalized spacial score (nSPS) is 12.2. The molecule has 39 heavy (non-hydrogen) atoms. The summed E-state index contributed by atoms with van der Waals surface area (Å²) in [5, 5.41) is 13.4. The number of aromatic nitrogens is 2. The van der Waals surface area contributed by atoms with Crippen LogP contribution >= 0.6 is 0 Å². The average molecular weight is 503 g/mol. The number of fused-ring (bicyclic) bond motifs is 12. The molecule has 0 amide bonds. The van der Waals surface area contributed by atoms with Gasteiger partial charge < -0.3 is 9.13 Å². The van der Waals surface area contributed by atoms with Crippen molar-refractivity contribution in [2.24, 2.45) is 0 Å². The second-order valence-electron chi connectivity index (χ2n) is 11.0. The smallest absolute Gasteiger partial charge is 0.0994 e. The van der Waals surface area contributed by atoms with Crippen LogP contribution in [0.5, 0.6) is 0 Å². The van der Waals surface area contributed by atoms with Crippen LogP contribution in [0.2, 0.25) is 0 Å². The lowest BCUT2D eigenvalue weighted by molar-refractivity contribution is 0.619. The molecule has 0 unspecified atom stereocenters. The maximum absolute atomic E-state index is 2.56. The molecule has 8 aromatic rings. The summed E-state index contributed by atoms with van der Waals surface area (Å²) in [6.45, 7) is 9.95. The molecule has 188 valence electrons. The first-order chi connectivity index (χ1) is 19.1. The van der Waals surface area contributed by atoms with Crippen LogP contribution in [0.4, 0.5) is 0 Å². The Morgan fingerprint density at radius 2 is 0.667 bits per heavy atom. The molecule has 2 heteroatoms. The maximum Gasteiger partial charge on any atom is 0.0994 e. The summed E-state index contributed by atoms with van der Waals surface area (Å²) < 4.78 is 5.13. The molecule has 0 aliphatic rings. The van der Waals surface area contributed by atoms with Gasteiger partial charge in [-0.25, -0.2) is 0 Å². The Kier molecular flexibility index (Phi) is 4.58. The fourth-order valence-corrected chi connectivity index (χ4v) is 7.16. The average Bonchev–Trinajstić information content (AvgIpc) is 3.39. The van der Waals surface area contributed by atoms with Gasteiger partial charge in [-0.1, -0.05) is 97.1 Å². The van der Waals surface area contributed by atoms with Gasteiger partial charge >= 0.3 is 0 Å². The Morgan fingerprint density at radius 3 is 1.03 bits per heavy atom. The van der Waals surface area contributed by atoms with E-state index >= 15 is 0 Å². The van der Waals surface area contributed by atoms with E-state index in [-0.39, 0.29) is 0 Å². The fraction of sp³-hybridized carbons (Fsp3) is 0.135. The molecular weight excluding hydrogens is 472 g/mol. The van der Waals surface area contributed by atoms with E-state index in [9.17, 15) is 0 Å². The van der Waals surface area contributed by atoms with Crippen LogP contribution in [0.15, 0.2) is 97.1 Å². The van der Waals surface area contributed by atoms with Crippen LogP contribution < -0.4 is 0 Å². The molecule has 8 rings (SSSR count). The number of benzene rings is 6. The molecule has 2 nitrogen and oxygen atoms in total. The highest BCUT2D eigenvalue weighted by molar-refractivity contribution is 6.27. The van der Waals surface area contributed by atoms with Crippen molar-refractivity contribution in [3.8, 4) is 0 Å². The van der Waals surface area contributed by atoms with Gasteiger partial charge in [-0.2, -0.15) is 0 Å². The van der Waals surface area contributed by atoms with E-state index in [1.807, 2.05) is 0 Å². The number of hydrogen-bond donors (Lipinski definition) is 0. The molecule has 0 aliphatic heterocycles. The molecule has 0 radical (unpaired) electrons. The monoisotopic (exact) mass is 502 g/mol. The van der Waals surface area contributed by atoms with Gasteiger partial charge in [0.05, 0.1) is 17.7 Å². The van der Waals surface area contributed by atoms with Gasteiger partial charge in [-0.05, 0) is 71.1 Å². The molecule has 2 heterocycles. The zero-order chi connectivity index (χ0) is 26.4. The van der Waals surface area contributed by atoms with Gasteiger partial charge in [0, 0.05) is 32.9 Å². The number of aryl methyl sites for hydroxylation is 2. The molecule has 0 fully saturated rings. The highest BCUT2D eigenvalue weighted by atomic mass is 15.2. The van der Waals surface area contributed by atoms with Crippen LogP contribution in [0, 0.1) is 27.7 Å². The molecule has 0 spiro atoms. The summed E-state index contributed by atoms with van der Waals surface area (Å²) in [5.74, 6) is 0. The first kappa shape index (κ1) is 22.4. The standard InChI is InChI=1S/C37H30N2/c1-22-24(3)38(36-32-19-11-7-15-28(32)26-13-5-9-17-30(26)34(22)36)21-39-25(4)23(2)35-31-18-10-6-14-27(31)29-16-8-12-20-33(29)37(35)39/h5-20H,21H2,1-4H3. The molecule has 6 aromatic carbocycles. The summed E-state index contributed by atoms with van der Waals surface area (Å²) in [6.07, 6.45) is 0. The van der Waals surface area contributed by atoms with Crippen molar-refractivity contribution in [3.05, 3.63) is 120 Å². The van der Waals surface area contributed by atoms with Crippen molar-refractivity contribution >= 4 is 64.9 Å². The Labute approximate surface area is 227 Å². The third kappa shape index (κ3) is 2.86. The first-order valence-electron chi connectivity index (χ1n) is 13.8. The van der Waals surface area contributed by atoms with E-state index < -0.39 is 0 Å². The minimum absolute atomic E-state index is 0.775. The Hall–Kier alpha value is -4.56. The Morgan fingerprint density at radius 1 is 0.385 bits per heavy atom. The van der Waals surface area contributed by atoms with Crippen LogP contribution in [-0.2, 0) is 6.67 Å². The first-order valence-corrected chi connectivity index (χ1v) is 13.8. The minimum Gasteiger partial charge on any atom is -0.325 e. The SMILES string of the molecule is Cc1c(C)n(Cn2c(C)c(C)c3c4ccccc4c4ccccc4c32)c2c3ccccc3c3ccccc3c12. The second kappa shape index (κ2) is 7.97. The molecule has 0 saturated carbocycles. The number of nitrogens with zero attached hydrogens (tertiary/aromatic N) is 2. The molecule has 0 saturated heterocycles. The Balaban J connectivity index is 1.53. The summed E-state index contributed by atoms with van der Waals surface area (Å²) in [7, 11) is 0. The topological polar surface area (TPSA) is 9.86 Å². The van der Waals surface area contributed by atoms with E-state index in [0.29, 0.717) is 0 Å². The summed E-state index contributed by atoms with van der Waals surface area (Å²) in [5.41, 5.74) is 8.07. The van der Waals surface area contributed by atoms with Crippen LogP contribution in [0.1, 0.15) is 22.5 Å². The van der Waals surface area contributed by atoms with Crippen molar-refractivity contribution in [1.82, 2.24) is 9.13 Å². The van der Waals surface area contributed by atoms with E-state index in [0.717, 1.165) is 6.67 Å². The van der Waals surface area contributed by atoms with E-state index in [1.165, 1.54) is 87.4 Å². The van der Waals surface area contributed by atoms with Gasteiger partial charge in [0.2, 0.25) is 0 Å². The van der Waals surface area contributed by atoms with Gasteiger partial charge in [0.15, 0.2) is 0 Å². The fourth-order valence-electron chi connectivity index (χ4n) is 7.16. The van der Waals surface area contributed by atoms with Crippen molar-refractivity contribution < 1.29 is 0 Å². The highest BCUT2D eigenvalue weighted by Crippen LogP contribution is 2.42. The lowest BCUT2D eigenvalue weighted by Crippen LogP contribution is -2.11. The van der Waals surface area contributed by atoms with Crippen molar-refractivity contribution in [2.75, 3.05) is 0 Å². The minimum atomic E-state index is 0.775. The third-order valence-corrected chi connectivity index (χ3v) is 9.28. The zero-order valence-electron chi connectivity index (χ0n) is 22.8. The Bertz CT molecular complexity index is 2130. The molecule has 2 aromatic heterocycles. The largest absolute Gasteiger partial charge is 0.325 e. The third-order valence-electron chi connectivity index (χ3n) is 9.28. The van der Waals surface area contributed by atoms with Crippen molar-refractivity contribution in [1.29, 1.82) is 0 Å². The van der Waals surface area contributed by atoms with Gasteiger partial charge in [-0.15, -0.1) is 0 Å². The molecule has 0 N–H and O–H groups in total.